The fourth-order valence-electron chi connectivity index (χ4n) is 2.84. The predicted molar refractivity (Wildman–Crippen MR) is 112 cm³/mol. The van der Waals surface area contributed by atoms with Crippen molar-refractivity contribution in [3.05, 3.63) is 72.8 Å². The fraction of sp³-hybridized carbons (Fsp3) is 0.227. The Morgan fingerprint density at radius 3 is 1.77 bits per heavy atom. The summed E-state index contributed by atoms with van der Waals surface area (Å²) >= 11 is 0. The summed E-state index contributed by atoms with van der Waals surface area (Å²) in [6.07, 6.45) is 1.65. The maximum Gasteiger partial charge on any atom is 0.419 e. The summed E-state index contributed by atoms with van der Waals surface area (Å²) in [4.78, 5) is 35.6. The first-order valence-electron chi connectivity index (χ1n) is 9.30. The van der Waals surface area contributed by atoms with E-state index >= 15 is 0 Å². The van der Waals surface area contributed by atoms with E-state index in [1.165, 1.54) is 0 Å². The molecule has 1 aliphatic heterocycles. The molecule has 0 saturated carbocycles. The third-order valence-corrected chi connectivity index (χ3v) is 4.20. The number of benzene rings is 2. The van der Waals surface area contributed by atoms with Crippen LogP contribution in [0.25, 0.3) is 0 Å². The van der Waals surface area contributed by atoms with Gasteiger partial charge in [0.25, 0.3) is 0 Å². The zero-order valence-corrected chi connectivity index (χ0v) is 16.5. The quantitative estimate of drug-likeness (QED) is 0.725. The van der Waals surface area contributed by atoms with Gasteiger partial charge in [-0.1, -0.05) is 36.4 Å². The lowest BCUT2D eigenvalue weighted by Crippen LogP contribution is -2.31. The van der Waals surface area contributed by atoms with Gasteiger partial charge >= 0.3 is 18.0 Å². The van der Waals surface area contributed by atoms with Crippen LogP contribution in [0.4, 0.5) is 16.2 Å². The highest BCUT2D eigenvalue weighted by molar-refractivity contribution is 5.96. The van der Waals surface area contributed by atoms with Crippen molar-refractivity contribution in [2.24, 2.45) is 0 Å². The van der Waals surface area contributed by atoms with Crippen molar-refractivity contribution in [1.82, 2.24) is 4.90 Å². The molecule has 1 fully saturated rings. The van der Waals surface area contributed by atoms with E-state index in [0.717, 1.165) is 30.9 Å². The number of ether oxygens (including phenoxy) is 1. The number of hydrogen-bond acceptors (Lipinski definition) is 5. The summed E-state index contributed by atoms with van der Waals surface area (Å²) in [7, 11) is 2.04. The van der Waals surface area contributed by atoms with Crippen LogP contribution in [0.1, 0.15) is 6.42 Å². The summed E-state index contributed by atoms with van der Waals surface area (Å²) in [6.45, 7) is 1.76. The van der Waals surface area contributed by atoms with Gasteiger partial charge in [-0.05, 0) is 37.7 Å². The lowest BCUT2D eigenvalue weighted by Gasteiger charge is -2.24. The van der Waals surface area contributed by atoms with Crippen molar-refractivity contribution in [2.75, 3.05) is 25.0 Å². The number of nitrogens with zero attached hydrogens (tertiary/aromatic N) is 2. The number of carboxylic acid groups (broad SMARTS) is 2. The highest BCUT2D eigenvalue weighted by atomic mass is 16.6. The Kier molecular flexibility index (Phi) is 8.58. The van der Waals surface area contributed by atoms with E-state index in [2.05, 4.69) is 4.90 Å². The van der Waals surface area contributed by atoms with Gasteiger partial charge in [0, 0.05) is 25.2 Å². The summed E-state index contributed by atoms with van der Waals surface area (Å²) < 4.78 is 5.70. The molecule has 1 atom stereocenters. The molecular weight excluding hydrogens is 388 g/mol. The lowest BCUT2D eigenvalue weighted by atomic mass is 10.2. The third kappa shape index (κ3) is 7.40. The zero-order chi connectivity index (χ0) is 21.9. The maximum absolute atomic E-state index is 12.7. The molecule has 2 N–H and O–H groups in total. The van der Waals surface area contributed by atoms with E-state index in [1.54, 1.807) is 4.90 Å². The number of carbonyl (C=O) groups is 3. The molecule has 1 saturated heterocycles. The Labute approximate surface area is 174 Å². The number of amides is 1. The highest BCUT2D eigenvalue weighted by Gasteiger charge is 2.27. The smallest absolute Gasteiger partial charge is 0.419 e. The van der Waals surface area contributed by atoms with E-state index in [1.807, 2.05) is 67.7 Å². The van der Waals surface area contributed by atoms with Crippen LogP contribution in [0, 0.1) is 0 Å². The number of anilines is 2. The van der Waals surface area contributed by atoms with E-state index in [9.17, 15) is 14.4 Å². The summed E-state index contributed by atoms with van der Waals surface area (Å²) in [6, 6.07) is 19.2. The lowest BCUT2D eigenvalue weighted by molar-refractivity contribution is -0.134. The molecule has 0 radical (unpaired) electrons. The van der Waals surface area contributed by atoms with Gasteiger partial charge in [-0.15, -0.1) is 0 Å². The van der Waals surface area contributed by atoms with Crippen molar-refractivity contribution in [2.45, 2.75) is 12.5 Å². The van der Waals surface area contributed by atoms with Gasteiger partial charge in [-0.2, -0.15) is 0 Å². The molecule has 158 valence electrons. The van der Waals surface area contributed by atoms with Gasteiger partial charge in [-0.3, -0.25) is 0 Å². The first kappa shape index (κ1) is 22.6. The molecule has 0 bridgehead atoms. The molecule has 2 aromatic rings. The molecule has 0 aliphatic carbocycles. The molecule has 0 spiro atoms. The van der Waals surface area contributed by atoms with E-state index in [-0.39, 0.29) is 12.2 Å². The fourth-order valence-corrected chi connectivity index (χ4v) is 2.84. The first-order valence-corrected chi connectivity index (χ1v) is 9.30. The molecule has 30 heavy (non-hydrogen) atoms. The number of hydrogen-bond donors (Lipinski definition) is 2. The number of likely N-dealkylation sites (N-methyl/N-ethyl adjacent to an activating group) is 1. The molecule has 8 nitrogen and oxygen atoms in total. The number of rotatable bonds is 5. The second-order valence-corrected chi connectivity index (χ2v) is 6.57. The van der Waals surface area contributed by atoms with Crippen molar-refractivity contribution < 1.29 is 29.3 Å². The van der Waals surface area contributed by atoms with Crippen LogP contribution in [-0.4, -0.2) is 59.4 Å². The van der Waals surface area contributed by atoms with Crippen molar-refractivity contribution in [3.8, 4) is 0 Å². The van der Waals surface area contributed by atoms with Crippen molar-refractivity contribution in [1.29, 1.82) is 0 Å². The Bertz CT molecular complexity index is 814. The normalized spacial score (nSPS) is 15.8. The molecule has 1 heterocycles. The number of aliphatic carboxylic acids is 2. The van der Waals surface area contributed by atoms with Gasteiger partial charge < -0.3 is 19.8 Å². The van der Waals surface area contributed by atoms with E-state index in [4.69, 9.17) is 14.9 Å². The van der Waals surface area contributed by atoms with Gasteiger partial charge in [0.15, 0.2) is 0 Å². The second kappa shape index (κ2) is 11.4. The summed E-state index contributed by atoms with van der Waals surface area (Å²) in [5.74, 6) is -2.51. The van der Waals surface area contributed by atoms with Crippen LogP contribution in [0.3, 0.4) is 0 Å². The molecule has 1 aliphatic rings. The van der Waals surface area contributed by atoms with Crippen LogP contribution >= 0.6 is 0 Å². The van der Waals surface area contributed by atoms with E-state index in [0.29, 0.717) is 12.2 Å². The van der Waals surface area contributed by atoms with Crippen molar-refractivity contribution >= 4 is 29.4 Å². The van der Waals surface area contributed by atoms with Crippen LogP contribution in [0.5, 0.6) is 0 Å². The Morgan fingerprint density at radius 1 is 0.933 bits per heavy atom. The van der Waals surface area contributed by atoms with Gasteiger partial charge in [0.05, 0.1) is 11.4 Å². The summed E-state index contributed by atoms with van der Waals surface area (Å²) in [5, 5.41) is 15.6. The van der Waals surface area contributed by atoms with Gasteiger partial charge in [-0.25, -0.2) is 19.3 Å². The standard InChI is InChI=1S/C18H20N2O2.C4H4O4/c1-19-13-12-17(14-19)22-18(21)20(15-8-4-2-5-9-15)16-10-6-3-7-11-16;5-3(6)1-2-4(7)8/h2-11,17H,12-14H2,1H3;1-2H,(H,5,6)(H,7,8)/b;2-1+. The zero-order valence-electron chi connectivity index (χ0n) is 16.5. The average Bonchev–Trinajstić information content (AvgIpc) is 3.13. The minimum Gasteiger partial charge on any atom is -0.478 e. The molecule has 3 rings (SSSR count). The monoisotopic (exact) mass is 412 g/mol. The first-order chi connectivity index (χ1) is 14.4. The van der Waals surface area contributed by atoms with Crippen LogP contribution in [0.2, 0.25) is 0 Å². The number of para-hydroxylation sites is 2. The maximum atomic E-state index is 12.7. The Balaban J connectivity index is 0.000000343. The highest BCUT2D eigenvalue weighted by Crippen LogP contribution is 2.26. The van der Waals surface area contributed by atoms with Crippen LogP contribution in [0.15, 0.2) is 72.8 Å². The predicted octanol–water partition coefficient (Wildman–Crippen LogP) is 3.38. The van der Waals surface area contributed by atoms with Gasteiger partial charge in [0.1, 0.15) is 6.10 Å². The van der Waals surface area contributed by atoms with Crippen LogP contribution < -0.4 is 4.90 Å². The van der Waals surface area contributed by atoms with Crippen molar-refractivity contribution in [3.63, 3.8) is 0 Å². The molecule has 1 amide bonds. The van der Waals surface area contributed by atoms with Crippen LogP contribution in [-0.2, 0) is 14.3 Å². The largest absolute Gasteiger partial charge is 0.478 e. The second-order valence-electron chi connectivity index (χ2n) is 6.57. The molecule has 8 heteroatoms. The Morgan fingerprint density at radius 2 is 1.40 bits per heavy atom. The number of carboxylic acids is 2. The third-order valence-electron chi connectivity index (χ3n) is 4.20. The van der Waals surface area contributed by atoms with Gasteiger partial charge in [0.2, 0.25) is 0 Å². The minimum absolute atomic E-state index is 0.0348. The topological polar surface area (TPSA) is 107 Å². The number of carbonyl (C=O) groups excluding carboxylic acids is 1. The molecule has 2 aromatic carbocycles. The average molecular weight is 412 g/mol. The SMILES string of the molecule is CN1CCC(OC(=O)N(c2ccccc2)c2ccccc2)C1.O=C(O)/C=C/C(=O)O. The molecular formula is C22H24N2O6. The Hall–Kier alpha value is -3.65. The minimum atomic E-state index is -1.26. The summed E-state index contributed by atoms with van der Waals surface area (Å²) in [5.41, 5.74) is 1.62. The number of likely N-dealkylation sites (tertiary alicyclic amines) is 1. The van der Waals surface area contributed by atoms with E-state index < -0.39 is 11.9 Å². The molecule has 1 unspecified atom stereocenters. The molecule has 0 aromatic heterocycles.